The van der Waals surface area contributed by atoms with Gasteiger partial charge in [0, 0.05) is 41.9 Å². The van der Waals surface area contributed by atoms with Crippen molar-refractivity contribution >= 4 is 11.5 Å². The Hall–Kier alpha value is -2.59. The fraction of sp³-hybridized carbons (Fsp3) is 0.400. The number of fused-ring (bicyclic) bond motifs is 4. The summed E-state index contributed by atoms with van der Waals surface area (Å²) < 4.78 is 6.29. The zero-order valence-electron chi connectivity index (χ0n) is 17.2. The standard InChI is InChI=1S/C25H28N2O2/c1-3-27(4-2)25(28)16-9-12-21-23(15-16)29-22-8-6-5-7-20(22)24(21)17-13-18-10-11-19(14-17)26-18/h5-9,12,15,18-19,26H,3-4,10-11,13-14H2,1-2H3/t18-,19+. The molecule has 1 N–H and O–H groups in total. The van der Waals surface area contributed by atoms with Gasteiger partial charge in [-0.05, 0) is 69.4 Å². The first kappa shape index (κ1) is 18.4. The number of amides is 1. The summed E-state index contributed by atoms with van der Waals surface area (Å²) in [6, 6.07) is 15.5. The van der Waals surface area contributed by atoms with E-state index in [2.05, 4.69) is 23.5 Å². The van der Waals surface area contributed by atoms with Crippen molar-refractivity contribution in [3.63, 3.8) is 0 Å². The highest BCUT2D eigenvalue weighted by atomic mass is 16.5. The average molecular weight is 389 g/mol. The molecule has 0 saturated carbocycles. The van der Waals surface area contributed by atoms with Gasteiger partial charge in [-0.1, -0.05) is 23.8 Å². The quantitative estimate of drug-likeness (QED) is 0.687. The van der Waals surface area contributed by atoms with Crippen molar-refractivity contribution in [3.05, 3.63) is 64.7 Å². The van der Waals surface area contributed by atoms with Gasteiger partial charge in [0.25, 0.3) is 5.91 Å². The molecule has 3 aliphatic rings. The third-order valence-electron chi connectivity index (χ3n) is 6.60. The van der Waals surface area contributed by atoms with E-state index in [4.69, 9.17) is 4.74 Å². The second-order valence-electron chi connectivity index (χ2n) is 8.31. The molecular formula is C25H28N2O2. The number of hydrogen-bond donors (Lipinski definition) is 1. The van der Waals surface area contributed by atoms with Gasteiger partial charge in [-0.25, -0.2) is 0 Å². The number of nitrogens with one attached hydrogen (secondary N) is 1. The van der Waals surface area contributed by atoms with Crippen LogP contribution in [-0.4, -0.2) is 36.0 Å². The van der Waals surface area contributed by atoms with E-state index in [1.165, 1.54) is 29.6 Å². The van der Waals surface area contributed by atoms with E-state index in [-0.39, 0.29) is 5.91 Å². The Bertz CT molecular complexity index is 976. The van der Waals surface area contributed by atoms with Crippen LogP contribution in [0.4, 0.5) is 0 Å². The Morgan fingerprint density at radius 2 is 1.69 bits per heavy atom. The molecule has 3 heterocycles. The lowest BCUT2D eigenvalue weighted by Crippen LogP contribution is -2.35. The summed E-state index contributed by atoms with van der Waals surface area (Å²) in [6.45, 7) is 5.45. The third kappa shape index (κ3) is 3.16. The smallest absolute Gasteiger partial charge is 0.253 e. The number of para-hydroxylation sites is 1. The van der Waals surface area contributed by atoms with E-state index in [0.717, 1.165) is 29.9 Å². The molecule has 150 valence electrons. The molecule has 0 unspecified atom stereocenters. The summed E-state index contributed by atoms with van der Waals surface area (Å²) in [5, 5.41) is 3.74. The van der Waals surface area contributed by atoms with Gasteiger partial charge in [0.05, 0.1) is 0 Å². The van der Waals surface area contributed by atoms with Crippen molar-refractivity contribution in [1.82, 2.24) is 10.2 Å². The Morgan fingerprint density at radius 1 is 1.00 bits per heavy atom. The SMILES string of the molecule is CCN(CC)C(=O)c1ccc2c(c1)Oc1ccccc1C2=C1C[C@H]2CC[C@@H](C1)N2. The molecule has 2 aromatic rings. The second-order valence-corrected chi connectivity index (χ2v) is 8.31. The van der Waals surface area contributed by atoms with Crippen LogP contribution >= 0.6 is 0 Å². The molecule has 0 aliphatic carbocycles. The van der Waals surface area contributed by atoms with Crippen LogP contribution in [-0.2, 0) is 0 Å². The van der Waals surface area contributed by atoms with Crippen molar-refractivity contribution in [3.8, 4) is 11.5 Å². The molecule has 29 heavy (non-hydrogen) atoms. The molecule has 3 aliphatic heterocycles. The minimum Gasteiger partial charge on any atom is -0.456 e. The van der Waals surface area contributed by atoms with E-state index in [0.29, 0.717) is 30.7 Å². The molecule has 2 saturated heterocycles. The van der Waals surface area contributed by atoms with Gasteiger partial charge in [-0.3, -0.25) is 4.79 Å². The predicted molar refractivity (Wildman–Crippen MR) is 115 cm³/mol. The molecule has 0 aromatic heterocycles. The summed E-state index contributed by atoms with van der Waals surface area (Å²) >= 11 is 0. The topological polar surface area (TPSA) is 41.6 Å². The minimum absolute atomic E-state index is 0.0642. The zero-order valence-corrected chi connectivity index (χ0v) is 17.2. The summed E-state index contributed by atoms with van der Waals surface area (Å²) in [5.41, 5.74) is 5.84. The molecule has 2 bridgehead atoms. The van der Waals surface area contributed by atoms with E-state index >= 15 is 0 Å². The number of hydrogen-bond acceptors (Lipinski definition) is 3. The maximum absolute atomic E-state index is 12.9. The Labute approximate surface area is 172 Å². The molecule has 2 aromatic carbocycles. The first-order valence-electron chi connectivity index (χ1n) is 10.9. The molecule has 4 nitrogen and oxygen atoms in total. The highest BCUT2D eigenvalue weighted by Gasteiger charge is 2.34. The maximum Gasteiger partial charge on any atom is 0.253 e. The van der Waals surface area contributed by atoms with Gasteiger partial charge in [0.15, 0.2) is 0 Å². The van der Waals surface area contributed by atoms with Gasteiger partial charge in [-0.15, -0.1) is 0 Å². The molecule has 4 heteroatoms. The molecule has 2 fully saturated rings. The number of rotatable bonds is 3. The van der Waals surface area contributed by atoms with Crippen LogP contribution in [0.5, 0.6) is 11.5 Å². The van der Waals surface area contributed by atoms with Gasteiger partial charge in [-0.2, -0.15) is 0 Å². The van der Waals surface area contributed by atoms with Crippen molar-refractivity contribution in [2.75, 3.05) is 13.1 Å². The van der Waals surface area contributed by atoms with Crippen LogP contribution < -0.4 is 10.1 Å². The van der Waals surface area contributed by atoms with Gasteiger partial charge >= 0.3 is 0 Å². The zero-order chi connectivity index (χ0) is 20.0. The summed E-state index contributed by atoms with van der Waals surface area (Å²) in [4.78, 5) is 14.7. The molecule has 0 spiro atoms. The lowest BCUT2D eigenvalue weighted by molar-refractivity contribution is 0.0772. The van der Waals surface area contributed by atoms with E-state index < -0.39 is 0 Å². The monoisotopic (exact) mass is 388 g/mol. The first-order valence-corrected chi connectivity index (χ1v) is 10.9. The van der Waals surface area contributed by atoms with Gasteiger partial charge in [0.1, 0.15) is 11.5 Å². The van der Waals surface area contributed by atoms with Crippen LogP contribution in [0.15, 0.2) is 48.0 Å². The number of carbonyl (C=O) groups is 1. The Kier molecular flexibility index (Phi) is 4.67. The van der Waals surface area contributed by atoms with E-state index in [1.54, 1.807) is 0 Å². The summed E-state index contributed by atoms with van der Waals surface area (Å²) in [5.74, 6) is 1.75. The largest absolute Gasteiger partial charge is 0.456 e. The highest BCUT2D eigenvalue weighted by Crippen LogP contribution is 2.48. The fourth-order valence-electron chi connectivity index (χ4n) is 5.15. The van der Waals surface area contributed by atoms with E-state index in [9.17, 15) is 4.79 Å². The molecule has 5 rings (SSSR count). The van der Waals surface area contributed by atoms with Crippen LogP contribution in [0.3, 0.4) is 0 Å². The fourth-order valence-corrected chi connectivity index (χ4v) is 5.15. The van der Waals surface area contributed by atoms with Crippen molar-refractivity contribution in [1.29, 1.82) is 0 Å². The van der Waals surface area contributed by atoms with Gasteiger partial charge < -0.3 is 15.0 Å². The number of carbonyl (C=O) groups excluding carboxylic acids is 1. The third-order valence-corrected chi connectivity index (χ3v) is 6.60. The molecule has 0 radical (unpaired) electrons. The number of ether oxygens (including phenoxy) is 1. The Balaban J connectivity index is 1.62. The molecule has 1 amide bonds. The molecular weight excluding hydrogens is 360 g/mol. The van der Waals surface area contributed by atoms with E-state index in [1.807, 2.05) is 43.0 Å². The predicted octanol–water partition coefficient (Wildman–Crippen LogP) is 4.99. The summed E-state index contributed by atoms with van der Waals surface area (Å²) in [6.07, 6.45) is 4.73. The highest BCUT2D eigenvalue weighted by molar-refractivity contribution is 5.97. The van der Waals surface area contributed by atoms with Crippen molar-refractivity contribution in [2.45, 2.75) is 51.6 Å². The number of nitrogens with zero attached hydrogens (tertiary/aromatic N) is 1. The van der Waals surface area contributed by atoms with Crippen LogP contribution in [0.25, 0.3) is 5.57 Å². The van der Waals surface area contributed by atoms with Crippen molar-refractivity contribution in [2.24, 2.45) is 0 Å². The maximum atomic E-state index is 12.9. The minimum atomic E-state index is 0.0642. The first-order chi connectivity index (χ1) is 14.2. The average Bonchev–Trinajstić information content (AvgIpc) is 3.09. The van der Waals surface area contributed by atoms with Crippen LogP contribution in [0, 0.1) is 0 Å². The van der Waals surface area contributed by atoms with Crippen LogP contribution in [0.2, 0.25) is 0 Å². The molecule has 2 atom stereocenters. The van der Waals surface area contributed by atoms with Crippen LogP contribution in [0.1, 0.15) is 61.0 Å². The van der Waals surface area contributed by atoms with Gasteiger partial charge in [0.2, 0.25) is 0 Å². The number of piperidine rings is 1. The lowest BCUT2D eigenvalue weighted by Gasteiger charge is -2.30. The van der Waals surface area contributed by atoms with Crippen molar-refractivity contribution < 1.29 is 9.53 Å². The number of benzene rings is 2. The second kappa shape index (κ2) is 7.34. The normalized spacial score (nSPS) is 24.5. The Morgan fingerprint density at radius 3 is 2.41 bits per heavy atom. The summed E-state index contributed by atoms with van der Waals surface area (Å²) in [7, 11) is 0. The lowest BCUT2D eigenvalue weighted by atomic mass is 9.84.